The molecular weight excluding hydrogens is 611 g/mol. The largest absolute Gasteiger partial charge is 0.329 e. The van der Waals surface area contributed by atoms with Crippen LogP contribution in [0.15, 0.2) is 71.6 Å². The number of rotatable bonds is 8. The molecule has 7 rings (SSSR count). The van der Waals surface area contributed by atoms with Crippen LogP contribution in [0, 0.1) is 0 Å². The van der Waals surface area contributed by atoms with Crippen molar-refractivity contribution in [2.24, 2.45) is 7.05 Å². The van der Waals surface area contributed by atoms with Crippen LogP contribution in [0.2, 0.25) is 0 Å². The summed E-state index contributed by atoms with van der Waals surface area (Å²) in [6, 6.07) is 23.5. The maximum absolute atomic E-state index is 13.4. The van der Waals surface area contributed by atoms with Crippen LogP contribution in [-0.4, -0.2) is 80.9 Å². The number of benzene rings is 3. The normalized spacial score (nSPS) is 19.7. The third-order valence-corrected chi connectivity index (χ3v) is 11.5. The van der Waals surface area contributed by atoms with Gasteiger partial charge in [0.2, 0.25) is 5.91 Å². The molecule has 1 atom stereocenters. The number of piperidine rings is 2. The van der Waals surface area contributed by atoms with Crippen molar-refractivity contribution in [1.82, 2.24) is 29.6 Å². The first-order valence-corrected chi connectivity index (χ1v) is 17.8. The summed E-state index contributed by atoms with van der Waals surface area (Å²) in [5.41, 5.74) is 5.84. The van der Waals surface area contributed by atoms with Crippen molar-refractivity contribution in [2.45, 2.75) is 55.5 Å². The molecule has 3 aromatic carbocycles. The number of nitrogens with one attached hydrogen (secondary N) is 2. The van der Waals surface area contributed by atoms with Crippen LogP contribution < -0.4 is 15.5 Å². The fourth-order valence-corrected chi connectivity index (χ4v) is 8.51. The Balaban J connectivity index is 0.981. The SMILES string of the molecule is CNC1CCN(S(=O)c2cccc(-c3cccc(CN4CCC(c5ccc6c(N7CCC(=O)NC7=O)nn(C)c6c5)CC4)c3)c2)CC1. The molecule has 3 fully saturated rings. The van der Waals surface area contributed by atoms with Crippen molar-refractivity contribution in [3.8, 4) is 11.1 Å². The van der Waals surface area contributed by atoms with Crippen molar-refractivity contribution in [2.75, 3.05) is 44.7 Å². The highest BCUT2D eigenvalue weighted by Gasteiger charge is 2.29. The lowest BCUT2D eigenvalue weighted by Gasteiger charge is -2.32. The number of aromatic nitrogens is 2. The molecule has 3 saturated heterocycles. The summed E-state index contributed by atoms with van der Waals surface area (Å²) < 4.78 is 17.3. The first-order chi connectivity index (χ1) is 22.9. The minimum absolute atomic E-state index is 0.247. The molecule has 246 valence electrons. The summed E-state index contributed by atoms with van der Waals surface area (Å²) in [4.78, 5) is 29.1. The third-order valence-electron chi connectivity index (χ3n) is 10.0. The van der Waals surface area contributed by atoms with E-state index in [4.69, 9.17) is 0 Å². The predicted octanol–water partition coefficient (Wildman–Crippen LogP) is 4.77. The fourth-order valence-electron chi connectivity index (χ4n) is 7.25. The van der Waals surface area contributed by atoms with Crippen LogP contribution in [-0.2, 0) is 29.4 Å². The maximum atomic E-state index is 13.4. The number of fused-ring (bicyclic) bond motifs is 1. The Morgan fingerprint density at radius 1 is 0.894 bits per heavy atom. The Bertz CT molecular complexity index is 1810. The lowest BCUT2D eigenvalue weighted by Crippen LogP contribution is -2.49. The van der Waals surface area contributed by atoms with Gasteiger partial charge in [0.1, 0.15) is 11.0 Å². The topological polar surface area (TPSA) is 103 Å². The summed E-state index contributed by atoms with van der Waals surface area (Å²) in [5, 5.41) is 11.3. The standard InChI is InChI=1S/C36H43N7O3S/c1-37-30-13-18-42(19-14-30)47(46)31-8-4-7-28(22-31)27-6-3-5-25(21-27)24-41-16-11-26(12-17-41)29-9-10-32-33(23-29)40(2)39-35(32)43-20-15-34(44)38-36(43)45/h3-10,21-23,26,30,37H,11-20,24H2,1-2H3,(H,38,44,45). The van der Waals surface area contributed by atoms with Crippen LogP contribution in [0.4, 0.5) is 10.6 Å². The van der Waals surface area contributed by atoms with E-state index < -0.39 is 17.0 Å². The molecule has 4 aromatic rings. The van der Waals surface area contributed by atoms with Gasteiger partial charge in [-0.3, -0.25) is 24.6 Å². The number of aryl methyl sites for hydroxylation is 1. The number of carbonyl (C=O) groups excluding carboxylic acids is 2. The van der Waals surface area contributed by atoms with Gasteiger partial charge in [-0.1, -0.05) is 36.4 Å². The van der Waals surface area contributed by atoms with Gasteiger partial charge in [-0.15, -0.1) is 0 Å². The summed E-state index contributed by atoms with van der Waals surface area (Å²) in [6.07, 6.45) is 4.47. The van der Waals surface area contributed by atoms with Crippen LogP contribution in [0.3, 0.4) is 0 Å². The second-order valence-corrected chi connectivity index (χ2v) is 14.5. The Kier molecular flexibility index (Phi) is 9.22. The minimum Gasteiger partial charge on any atom is -0.317 e. The summed E-state index contributed by atoms with van der Waals surface area (Å²) in [7, 11) is 2.76. The van der Waals surface area contributed by atoms with Gasteiger partial charge in [0.15, 0.2) is 5.82 Å². The van der Waals surface area contributed by atoms with Gasteiger partial charge in [0.05, 0.1) is 10.4 Å². The van der Waals surface area contributed by atoms with E-state index in [2.05, 4.69) is 79.5 Å². The number of imide groups is 1. The van der Waals surface area contributed by atoms with Gasteiger partial charge < -0.3 is 5.32 Å². The first-order valence-electron chi connectivity index (χ1n) is 16.7. The van der Waals surface area contributed by atoms with E-state index in [0.29, 0.717) is 24.3 Å². The molecule has 1 aromatic heterocycles. The number of anilines is 1. The van der Waals surface area contributed by atoms with Gasteiger partial charge in [-0.05, 0) is 104 Å². The van der Waals surface area contributed by atoms with Gasteiger partial charge in [-0.2, -0.15) is 5.10 Å². The monoisotopic (exact) mass is 653 g/mol. The molecule has 11 heteroatoms. The molecule has 0 bridgehead atoms. The number of carbonyl (C=O) groups is 2. The summed E-state index contributed by atoms with van der Waals surface area (Å²) in [5.74, 6) is 0.813. The maximum Gasteiger partial charge on any atom is 0.329 e. The van der Waals surface area contributed by atoms with Gasteiger partial charge in [-0.25, -0.2) is 13.3 Å². The van der Waals surface area contributed by atoms with E-state index in [9.17, 15) is 13.8 Å². The molecule has 3 aliphatic rings. The molecule has 0 saturated carbocycles. The molecule has 3 amide bonds. The lowest BCUT2D eigenvalue weighted by atomic mass is 9.88. The zero-order chi connectivity index (χ0) is 32.5. The minimum atomic E-state index is -1.15. The van der Waals surface area contributed by atoms with Gasteiger partial charge in [0.25, 0.3) is 0 Å². The first kappa shape index (κ1) is 31.7. The van der Waals surface area contributed by atoms with Crippen molar-refractivity contribution < 1.29 is 13.8 Å². The van der Waals surface area contributed by atoms with Gasteiger partial charge in [0, 0.05) is 51.1 Å². The quantitative estimate of drug-likeness (QED) is 0.284. The Labute approximate surface area is 278 Å². The lowest BCUT2D eigenvalue weighted by molar-refractivity contribution is -0.120. The number of likely N-dealkylation sites (tertiary alicyclic amines) is 1. The second kappa shape index (κ2) is 13.7. The molecule has 2 N–H and O–H groups in total. The fraction of sp³-hybridized carbons (Fsp3) is 0.417. The van der Waals surface area contributed by atoms with Crippen LogP contribution in [0.25, 0.3) is 22.0 Å². The third kappa shape index (κ3) is 6.76. The van der Waals surface area contributed by atoms with Crippen molar-refractivity contribution >= 4 is 39.6 Å². The summed E-state index contributed by atoms with van der Waals surface area (Å²) >= 11 is 0. The van der Waals surface area contributed by atoms with Crippen molar-refractivity contribution in [1.29, 1.82) is 0 Å². The number of urea groups is 1. The molecule has 1 unspecified atom stereocenters. The molecule has 0 spiro atoms. The average molecular weight is 654 g/mol. The van der Waals surface area contributed by atoms with E-state index in [0.717, 1.165) is 85.3 Å². The second-order valence-electron chi connectivity index (χ2n) is 13.0. The van der Waals surface area contributed by atoms with E-state index in [-0.39, 0.29) is 12.3 Å². The van der Waals surface area contributed by atoms with E-state index in [1.165, 1.54) is 11.1 Å². The Hall–Kier alpha value is -3.90. The van der Waals surface area contributed by atoms with E-state index >= 15 is 0 Å². The predicted molar refractivity (Wildman–Crippen MR) is 185 cm³/mol. The summed E-state index contributed by atoms with van der Waals surface area (Å²) in [6.45, 7) is 4.96. The van der Waals surface area contributed by atoms with Crippen molar-refractivity contribution in [3.05, 3.63) is 77.9 Å². The number of hydrogen-bond acceptors (Lipinski definition) is 6. The zero-order valence-corrected chi connectivity index (χ0v) is 28.0. The number of hydrogen-bond donors (Lipinski definition) is 2. The zero-order valence-electron chi connectivity index (χ0n) is 27.2. The smallest absolute Gasteiger partial charge is 0.317 e. The highest BCUT2D eigenvalue weighted by Crippen LogP contribution is 2.34. The van der Waals surface area contributed by atoms with Crippen LogP contribution in [0.1, 0.15) is 49.1 Å². The van der Waals surface area contributed by atoms with Crippen LogP contribution >= 0.6 is 0 Å². The molecule has 0 aliphatic carbocycles. The van der Waals surface area contributed by atoms with E-state index in [1.54, 1.807) is 4.90 Å². The Morgan fingerprint density at radius 2 is 1.64 bits per heavy atom. The molecule has 47 heavy (non-hydrogen) atoms. The molecule has 4 heterocycles. The molecule has 0 radical (unpaired) electrons. The van der Waals surface area contributed by atoms with E-state index in [1.807, 2.05) is 30.9 Å². The highest BCUT2D eigenvalue weighted by atomic mass is 32.2. The van der Waals surface area contributed by atoms with Gasteiger partial charge >= 0.3 is 6.03 Å². The highest BCUT2D eigenvalue weighted by molar-refractivity contribution is 7.82. The van der Waals surface area contributed by atoms with Crippen LogP contribution in [0.5, 0.6) is 0 Å². The number of nitrogens with zero attached hydrogens (tertiary/aromatic N) is 5. The van der Waals surface area contributed by atoms with Crippen molar-refractivity contribution in [3.63, 3.8) is 0 Å². The average Bonchev–Trinajstić information content (AvgIpc) is 3.43. The molecular formula is C36H43N7O3S. The molecule has 10 nitrogen and oxygen atoms in total. The Morgan fingerprint density at radius 3 is 2.38 bits per heavy atom. The molecule has 3 aliphatic heterocycles. The number of amides is 3.